The van der Waals surface area contributed by atoms with E-state index in [1.165, 1.54) is 0 Å². The molecule has 0 radical (unpaired) electrons. The van der Waals surface area contributed by atoms with E-state index in [9.17, 15) is 0 Å². The summed E-state index contributed by atoms with van der Waals surface area (Å²) in [5, 5.41) is 0. The van der Waals surface area contributed by atoms with Crippen molar-refractivity contribution in [2.75, 3.05) is 0 Å². The van der Waals surface area contributed by atoms with Crippen molar-refractivity contribution in [3.63, 3.8) is 0 Å². The van der Waals surface area contributed by atoms with Crippen LogP contribution in [0.2, 0.25) is 0 Å². The summed E-state index contributed by atoms with van der Waals surface area (Å²) in [6.07, 6.45) is 11.5. The van der Waals surface area contributed by atoms with Crippen LogP contribution in [-0.4, -0.2) is 0 Å². The molecular formula is C16H22Ni. The number of hydrogen-bond donors (Lipinski definition) is 0. The van der Waals surface area contributed by atoms with Crippen LogP contribution in [0.15, 0.2) is 44.5 Å². The maximum atomic E-state index is 2.32. The molecule has 0 fully saturated rings. The molecule has 0 saturated heterocycles. The molecular weight excluding hydrogens is 251 g/mol. The molecule has 0 heterocycles. The van der Waals surface area contributed by atoms with Gasteiger partial charge in [-0.2, -0.15) is 0 Å². The minimum absolute atomic E-state index is 0.652. The molecule has 0 unspecified atom stereocenters. The normalized spacial score (nSPS) is 19.9. The van der Waals surface area contributed by atoms with Gasteiger partial charge in [-0.3, -0.25) is 0 Å². The SMILES string of the molecule is CC(C)C1=[C]([Ni][C]2=C(C(C)C)C=CC2)CC=C1. The molecule has 2 aliphatic rings. The standard InChI is InChI=1S/2C8H11.Ni/c2*1-7(2)8-5-3-4-6-8;/h2*3,5,7H,4H2,1-2H3;. The third-order valence-electron chi connectivity index (χ3n) is 3.19. The third kappa shape index (κ3) is 2.83. The van der Waals surface area contributed by atoms with Gasteiger partial charge < -0.3 is 0 Å². The molecule has 0 aromatic carbocycles. The summed E-state index contributed by atoms with van der Waals surface area (Å²) < 4.78 is 3.17. The van der Waals surface area contributed by atoms with E-state index in [2.05, 4.69) is 52.0 Å². The predicted octanol–water partition coefficient (Wildman–Crippen LogP) is 4.81. The van der Waals surface area contributed by atoms with Crippen molar-refractivity contribution >= 4 is 0 Å². The Morgan fingerprint density at radius 1 is 0.824 bits per heavy atom. The van der Waals surface area contributed by atoms with Crippen LogP contribution in [-0.2, 0) is 14.4 Å². The Morgan fingerprint density at radius 2 is 1.24 bits per heavy atom. The van der Waals surface area contributed by atoms with E-state index in [4.69, 9.17) is 0 Å². The predicted molar refractivity (Wildman–Crippen MR) is 71.2 cm³/mol. The third-order valence-corrected chi connectivity index (χ3v) is 4.76. The Balaban J connectivity index is 2.18. The molecule has 96 valence electrons. The van der Waals surface area contributed by atoms with Crippen molar-refractivity contribution in [3.8, 4) is 0 Å². The molecule has 2 aliphatic carbocycles. The molecule has 0 aromatic rings. The molecule has 2 rings (SSSR count). The summed E-state index contributed by atoms with van der Waals surface area (Å²) in [6.45, 7) is 9.16. The van der Waals surface area contributed by atoms with Crippen LogP contribution in [0.25, 0.3) is 0 Å². The monoisotopic (exact) mass is 272 g/mol. The summed E-state index contributed by atoms with van der Waals surface area (Å²) in [6, 6.07) is 0. The summed E-state index contributed by atoms with van der Waals surface area (Å²) in [7, 11) is 0. The molecule has 0 amide bonds. The van der Waals surface area contributed by atoms with Gasteiger partial charge in [0.25, 0.3) is 0 Å². The van der Waals surface area contributed by atoms with Crippen molar-refractivity contribution < 1.29 is 14.4 Å². The molecule has 0 atom stereocenters. The Morgan fingerprint density at radius 3 is 1.59 bits per heavy atom. The van der Waals surface area contributed by atoms with Gasteiger partial charge in [-0.15, -0.1) is 0 Å². The van der Waals surface area contributed by atoms with Gasteiger partial charge in [0.1, 0.15) is 0 Å². The van der Waals surface area contributed by atoms with Crippen LogP contribution < -0.4 is 0 Å². The minimum atomic E-state index is 0.652. The fraction of sp³-hybridized carbons (Fsp3) is 0.500. The fourth-order valence-corrected chi connectivity index (χ4v) is 4.03. The van der Waals surface area contributed by atoms with Crippen molar-refractivity contribution in [3.05, 3.63) is 44.5 Å². The van der Waals surface area contributed by atoms with Gasteiger partial charge in [0.2, 0.25) is 0 Å². The van der Waals surface area contributed by atoms with Gasteiger partial charge >= 0.3 is 111 Å². The first-order chi connectivity index (χ1) is 8.09. The Labute approximate surface area is 111 Å². The van der Waals surface area contributed by atoms with Gasteiger partial charge in [-0.1, -0.05) is 0 Å². The van der Waals surface area contributed by atoms with E-state index in [0.717, 1.165) is 12.8 Å². The first kappa shape index (κ1) is 12.9. The Kier molecular flexibility index (Phi) is 4.10. The van der Waals surface area contributed by atoms with E-state index >= 15 is 0 Å². The molecule has 17 heavy (non-hydrogen) atoms. The second kappa shape index (κ2) is 5.40. The Hall–Kier alpha value is -0.546. The topological polar surface area (TPSA) is 0 Å². The first-order valence-corrected chi connectivity index (χ1v) is 7.46. The van der Waals surface area contributed by atoms with E-state index < -0.39 is 0 Å². The molecule has 1 heteroatoms. The van der Waals surface area contributed by atoms with E-state index in [-0.39, 0.29) is 0 Å². The van der Waals surface area contributed by atoms with Crippen LogP contribution in [0.3, 0.4) is 0 Å². The zero-order valence-electron chi connectivity index (χ0n) is 11.2. The molecule has 0 spiro atoms. The van der Waals surface area contributed by atoms with Gasteiger partial charge in [-0.25, -0.2) is 0 Å². The number of hydrogen-bond acceptors (Lipinski definition) is 0. The van der Waals surface area contributed by atoms with Crippen molar-refractivity contribution in [1.29, 1.82) is 0 Å². The molecule has 0 bridgehead atoms. The second-order valence-corrected chi connectivity index (χ2v) is 6.69. The van der Waals surface area contributed by atoms with Crippen molar-refractivity contribution in [2.24, 2.45) is 11.8 Å². The summed E-state index contributed by atoms with van der Waals surface area (Å²) in [5.41, 5.74) is 3.10. The number of rotatable bonds is 4. The van der Waals surface area contributed by atoms with E-state index in [0.29, 0.717) is 11.8 Å². The Bertz CT molecular complexity index is 377. The van der Waals surface area contributed by atoms with Crippen LogP contribution in [0.5, 0.6) is 0 Å². The average Bonchev–Trinajstić information content (AvgIpc) is 2.86. The van der Waals surface area contributed by atoms with Crippen LogP contribution in [0.1, 0.15) is 40.5 Å². The van der Waals surface area contributed by atoms with Gasteiger partial charge in [-0.05, 0) is 0 Å². The zero-order chi connectivity index (χ0) is 12.4. The molecule has 0 saturated carbocycles. The zero-order valence-corrected chi connectivity index (χ0v) is 12.2. The average molecular weight is 273 g/mol. The van der Waals surface area contributed by atoms with Crippen molar-refractivity contribution in [2.45, 2.75) is 40.5 Å². The van der Waals surface area contributed by atoms with Gasteiger partial charge in [0.05, 0.1) is 0 Å². The quantitative estimate of drug-likeness (QED) is 0.645. The summed E-state index contributed by atoms with van der Waals surface area (Å²) in [5.74, 6) is 1.30. The van der Waals surface area contributed by atoms with Crippen LogP contribution in [0.4, 0.5) is 0 Å². The van der Waals surface area contributed by atoms with Gasteiger partial charge in [0, 0.05) is 0 Å². The number of allylic oxidation sites excluding steroid dienone is 8. The summed E-state index contributed by atoms with van der Waals surface area (Å²) >= 11 is 1.82. The van der Waals surface area contributed by atoms with Crippen LogP contribution >= 0.6 is 0 Å². The molecule has 0 nitrogen and oxygen atoms in total. The molecule has 0 aromatic heterocycles. The van der Waals surface area contributed by atoms with Crippen LogP contribution in [0, 0.1) is 11.8 Å². The maximum absolute atomic E-state index is 2.32. The second-order valence-electron chi connectivity index (χ2n) is 5.25. The fourth-order valence-electron chi connectivity index (χ4n) is 2.22. The van der Waals surface area contributed by atoms with E-state index in [1.54, 1.807) is 20.2 Å². The van der Waals surface area contributed by atoms with Crippen molar-refractivity contribution in [1.82, 2.24) is 0 Å². The summed E-state index contributed by atoms with van der Waals surface area (Å²) in [4.78, 5) is 0. The van der Waals surface area contributed by atoms with Gasteiger partial charge in [0.15, 0.2) is 0 Å². The molecule has 0 N–H and O–H groups in total. The van der Waals surface area contributed by atoms with E-state index in [1.807, 2.05) is 14.4 Å². The molecule has 0 aliphatic heterocycles. The first-order valence-electron chi connectivity index (χ1n) is 6.47.